The first kappa shape index (κ1) is 39.7. The van der Waals surface area contributed by atoms with Gasteiger partial charge in [0.1, 0.15) is 32.8 Å². The van der Waals surface area contributed by atoms with E-state index in [0.29, 0.717) is 45.9 Å². The van der Waals surface area contributed by atoms with Crippen molar-refractivity contribution in [1.82, 2.24) is 10.2 Å². The second kappa shape index (κ2) is 18.5. The highest BCUT2D eigenvalue weighted by molar-refractivity contribution is 7.13. The molecule has 0 spiro atoms. The number of aromatic hydroxyl groups is 1. The number of carbonyl (C=O) groups excluding carboxylic acids is 2. The number of benzene rings is 2. The van der Waals surface area contributed by atoms with Crippen LogP contribution in [0.5, 0.6) is 17.2 Å². The van der Waals surface area contributed by atoms with Crippen molar-refractivity contribution in [3.8, 4) is 17.2 Å². The number of thiophene rings is 1. The van der Waals surface area contributed by atoms with Gasteiger partial charge in [0.2, 0.25) is 0 Å². The first-order valence-electron chi connectivity index (χ1n) is 17.7. The van der Waals surface area contributed by atoms with E-state index in [1.807, 2.05) is 0 Å². The van der Waals surface area contributed by atoms with Gasteiger partial charge in [0, 0.05) is 23.4 Å². The quantitative estimate of drug-likeness (QED) is 0.103. The van der Waals surface area contributed by atoms with Crippen LogP contribution in [0.3, 0.4) is 0 Å². The van der Waals surface area contributed by atoms with Crippen LogP contribution in [0.2, 0.25) is 10.0 Å². The topological polar surface area (TPSA) is 121 Å². The molecule has 2 aromatic carbocycles. The van der Waals surface area contributed by atoms with Crippen molar-refractivity contribution in [2.45, 2.75) is 57.4 Å². The molecule has 288 valence electrons. The number of carbonyl (C=O) groups is 2. The van der Waals surface area contributed by atoms with Gasteiger partial charge in [-0.3, -0.25) is 5.32 Å². The monoisotopic (exact) mass is 804 g/mol. The van der Waals surface area contributed by atoms with Crippen LogP contribution in [0.25, 0.3) is 0 Å². The van der Waals surface area contributed by atoms with Crippen LogP contribution in [0.4, 0.5) is 8.78 Å². The average molecular weight is 806 g/mol. The third-order valence-electron chi connectivity index (χ3n) is 9.44. The highest BCUT2D eigenvalue weighted by Gasteiger charge is 2.28. The summed E-state index contributed by atoms with van der Waals surface area (Å²) < 4.78 is 49.0. The van der Waals surface area contributed by atoms with Crippen molar-refractivity contribution < 1.29 is 47.4 Å². The first-order valence-corrected chi connectivity index (χ1v) is 19.3. The van der Waals surface area contributed by atoms with E-state index >= 15 is 0 Å². The summed E-state index contributed by atoms with van der Waals surface area (Å²) in [6.45, 7) is -0.291. The normalized spacial score (nSPS) is 16.2. The maximum atomic E-state index is 13.7. The molecule has 3 N–H and O–H groups in total. The van der Waals surface area contributed by atoms with E-state index in [1.54, 1.807) is 36.7 Å². The van der Waals surface area contributed by atoms with Gasteiger partial charge in [-0.05, 0) is 105 Å². The summed E-state index contributed by atoms with van der Waals surface area (Å²) in [7, 11) is 2.07. The second-order valence-electron chi connectivity index (χ2n) is 13.6. The number of aromatic nitrogens is 1. The molecule has 0 radical (unpaired) electrons. The number of phenolic OH excluding ortho intramolecular Hbond substituents is 1. The molecule has 3 heterocycles. The SMILES string of the molecule is CN1CCC(COC(=O)C(NCc2ccc(C(=O)OC(Cc3c(Cl)c[nH+]cc3Cl)c3ccc(OC(F)F)c(OCC4CC4)c3)s2)c2cccc(O)c2)CC1. The van der Waals surface area contributed by atoms with Gasteiger partial charge in [-0.15, -0.1) is 11.3 Å². The molecule has 2 aromatic heterocycles. The van der Waals surface area contributed by atoms with E-state index in [2.05, 4.69) is 22.2 Å². The molecule has 1 saturated heterocycles. The Morgan fingerprint density at radius 1 is 0.963 bits per heavy atom. The molecule has 54 heavy (non-hydrogen) atoms. The third-order valence-corrected chi connectivity index (χ3v) is 11.2. The Hall–Kier alpha value is -4.01. The largest absolute Gasteiger partial charge is 0.508 e. The van der Waals surface area contributed by atoms with E-state index in [4.69, 9.17) is 42.1 Å². The van der Waals surface area contributed by atoms with Crippen molar-refractivity contribution in [3.63, 3.8) is 0 Å². The third kappa shape index (κ3) is 11.0. The molecule has 1 aliphatic carbocycles. The number of hydrogen-bond acceptors (Lipinski definition) is 10. The molecular weight excluding hydrogens is 763 g/mol. The Morgan fingerprint density at radius 2 is 1.70 bits per heavy atom. The maximum Gasteiger partial charge on any atom is 0.387 e. The van der Waals surface area contributed by atoms with Crippen LogP contribution in [0.15, 0.2) is 67.0 Å². The number of pyridine rings is 1. The molecule has 6 rings (SSSR count). The molecule has 15 heteroatoms. The van der Waals surface area contributed by atoms with E-state index in [1.165, 1.54) is 41.7 Å². The number of ether oxygens (including phenoxy) is 4. The lowest BCUT2D eigenvalue weighted by Gasteiger charge is -2.29. The van der Waals surface area contributed by atoms with Crippen molar-refractivity contribution in [1.29, 1.82) is 0 Å². The molecule has 1 aliphatic heterocycles. The molecule has 4 aromatic rings. The Bertz CT molecular complexity index is 1890. The zero-order valence-electron chi connectivity index (χ0n) is 29.6. The summed E-state index contributed by atoms with van der Waals surface area (Å²) in [5, 5.41) is 14.0. The number of rotatable bonds is 17. The number of esters is 2. The van der Waals surface area contributed by atoms with Crippen molar-refractivity contribution in [2.75, 3.05) is 33.4 Å². The zero-order valence-corrected chi connectivity index (χ0v) is 31.9. The highest BCUT2D eigenvalue weighted by Crippen LogP contribution is 2.38. The summed E-state index contributed by atoms with van der Waals surface area (Å²) >= 11 is 14.2. The first-order chi connectivity index (χ1) is 26.0. The van der Waals surface area contributed by atoms with Gasteiger partial charge >= 0.3 is 18.6 Å². The zero-order chi connectivity index (χ0) is 38.2. The van der Waals surface area contributed by atoms with Crippen molar-refractivity contribution >= 4 is 46.5 Å². The van der Waals surface area contributed by atoms with Crippen LogP contribution >= 0.6 is 34.5 Å². The number of alkyl halides is 2. The van der Waals surface area contributed by atoms with Gasteiger partial charge in [-0.2, -0.15) is 8.78 Å². The standard InChI is InChI=1S/C39H41Cl2F2N3O7S/c1-46-13-11-24(12-14-46)22-51-38(49)36(26-3-2-4-27(47)15-26)45-18-28-8-10-35(54-28)37(48)52-33(17-29-30(40)19-44-20-31(29)41)25-7-9-32(53-39(42)43)34(16-25)50-21-23-5-6-23/h2-4,7-10,15-16,19-20,23-24,33,36,39,45,47H,5-6,11-14,17-18,21-22H2,1H3/p+1. The fourth-order valence-corrected chi connectivity index (χ4v) is 7.51. The molecule has 2 unspecified atom stereocenters. The lowest BCUT2D eigenvalue weighted by Crippen LogP contribution is -2.34. The van der Waals surface area contributed by atoms with Gasteiger partial charge in [-0.1, -0.05) is 41.4 Å². The Morgan fingerprint density at radius 3 is 2.41 bits per heavy atom. The number of nitrogens with zero attached hydrogens (tertiary/aromatic N) is 1. The minimum Gasteiger partial charge on any atom is -0.508 e. The number of H-pyrrole nitrogens is 1. The van der Waals surface area contributed by atoms with E-state index in [9.17, 15) is 23.5 Å². The van der Waals surface area contributed by atoms with E-state index in [0.717, 1.165) is 43.6 Å². The van der Waals surface area contributed by atoms with Gasteiger partial charge < -0.3 is 29.0 Å². The fourth-order valence-electron chi connectivity index (χ4n) is 6.13. The molecule has 10 nitrogen and oxygen atoms in total. The summed E-state index contributed by atoms with van der Waals surface area (Å²) in [6, 6.07) is 13.4. The average Bonchev–Trinajstić information content (AvgIpc) is 3.86. The van der Waals surface area contributed by atoms with Crippen LogP contribution < -0.4 is 19.8 Å². The highest BCUT2D eigenvalue weighted by atomic mass is 35.5. The summed E-state index contributed by atoms with van der Waals surface area (Å²) in [5.41, 5.74) is 1.52. The number of phenols is 1. The Balaban J connectivity index is 1.17. The Labute approximate surface area is 326 Å². The van der Waals surface area contributed by atoms with Crippen LogP contribution in [-0.2, 0) is 27.2 Å². The van der Waals surface area contributed by atoms with Gasteiger partial charge in [-0.25, -0.2) is 14.6 Å². The molecule has 2 atom stereocenters. The molecule has 2 aliphatic rings. The van der Waals surface area contributed by atoms with Crippen LogP contribution in [0, 0.1) is 11.8 Å². The van der Waals surface area contributed by atoms with E-state index < -0.39 is 30.7 Å². The second-order valence-corrected chi connectivity index (χ2v) is 15.6. The molecular formula is C39H42Cl2F2N3O7S+. The molecule has 0 bridgehead atoms. The summed E-state index contributed by atoms with van der Waals surface area (Å²) in [4.78, 5) is 33.3. The Kier molecular flexibility index (Phi) is 13.6. The van der Waals surface area contributed by atoms with Crippen LogP contribution in [0.1, 0.15) is 69.1 Å². The molecule has 1 saturated carbocycles. The predicted octanol–water partition coefficient (Wildman–Crippen LogP) is 7.82. The van der Waals surface area contributed by atoms with Crippen LogP contribution in [-0.4, -0.2) is 61.9 Å². The fraction of sp³-hybridized carbons (Fsp3) is 0.410. The minimum atomic E-state index is -3.06. The van der Waals surface area contributed by atoms with Crippen molar-refractivity contribution in [3.05, 3.63) is 103 Å². The number of likely N-dealkylation sites (tertiary alicyclic amines) is 1. The summed E-state index contributed by atoms with van der Waals surface area (Å²) in [6.07, 6.45) is 6.10. The molecule has 2 fully saturated rings. The smallest absolute Gasteiger partial charge is 0.387 e. The number of aromatic amines is 1. The predicted molar refractivity (Wildman–Crippen MR) is 199 cm³/mol. The number of hydrogen-bond donors (Lipinski definition) is 2. The number of halogens is 4. The van der Waals surface area contributed by atoms with Crippen molar-refractivity contribution in [2.24, 2.45) is 11.8 Å². The number of piperidine rings is 1. The summed E-state index contributed by atoms with van der Waals surface area (Å²) in [5.74, 6) is -0.478. The lowest BCUT2D eigenvalue weighted by atomic mass is 9.98. The van der Waals surface area contributed by atoms with Gasteiger partial charge in [0.05, 0.1) is 13.2 Å². The van der Waals surface area contributed by atoms with E-state index in [-0.39, 0.29) is 41.0 Å². The maximum absolute atomic E-state index is 13.7. The lowest BCUT2D eigenvalue weighted by molar-refractivity contribution is -0.377. The van der Waals surface area contributed by atoms with Gasteiger partial charge in [0.25, 0.3) is 0 Å². The van der Waals surface area contributed by atoms with Gasteiger partial charge in [0.15, 0.2) is 23.9 Å². The minimum absolute atomic E-state index is 0.0205. The number of nitrogens with one attached hydrogen (secondary N) is 2. The molecule has 0 amide bonds.